The van der Waals surface area contributed by atoms with Crippen LogP contribution in [0.2, 0.25) is 25.7 Å². The van der Waals surface area contributed by atoms with E-state index in [0.717, 1.165) is 0 Å². The number of aromatic nitrogens is 5. The number of imidazole rings is 1. The molecule has 0 aliphatic carbocycles. The Morgan fingerprint density at radius 3 is 2.32 bits per heavy atom. The van der Waals surface area contributed by atoms with E-state index < -0.39 is 29.5 Å². The number of fused-ring (bicyclic) bond motifs is 1. The minimum Gasteiger partial charge on any atom is -0.494 e. The summed E-state index contributed by atoms with van der Waals surface area (Å²) in [6.45, 7) is 9.90. The zero-order valence-corrected chi connectivity index (χ0v) is 27.7. The van der Waals surface area contributed by atoms with Crippen molar-refractivity contribution in [1.29, 1.82) is 0 Å². The SMILES string of the molecule is COc1cccc(OC)c1-n1c(-c2ccc(C)o2)nnc1N(CC[Si](C)(C)C)S(=O)(=O)[C@@H](C)[C@@H](O)c1cn2ccccc2n1. The van der Waals surface area contributed by atoms with E-state index in [0.29, 0.717) is 40.4 Å². The molecule has 14 heteroatoms. The van der Waals surface area contributed by atoms with E-state index in [9.17, 15) is 13.5 Å². The Bertz CT molecular complexity index is 1820. The number of methoxy groups -OCH3 is 2. The number of furan rings is 1. The average molecular weight is 639 g/mol. The first-order chi connectivity index (χ1) is 20.9. The van der Waals surface area contributed by atoms with Gasteiger partial charge in [0.1, 0.15) is 39.9 Å². The first kappa shape index (κ1) is 31.3. The maximum atomic E-state index is 14.6. The lowest BCUT2D eigenvalue weighted by molar-refractivity contribution is 0.171. The van der Waals surface area contributed by atoms with Gasteiger partial charge < -0.3 is 23.4 Å². The fraction of sp³-hybridized carbons (Fsp3) is 0.367. The minimum atomic E-state index is -4.27. The Labute approximate surface area is 257 Å². The van der Waals surface area contributed by atoms with Crippen LogP contribution in [0.1, 0.15) is 24.5 Å². The Hall–Kier alpha value is -4.14. The fourth-order valence-corrected chi connectivity index (χ4v) is 7.50. The molecule has 5 rings (SSSR count). The van der Waals surface area contributed by atoms with Crippen LogP contribution >= 0.6 is 0 Å². The van der Waals surface area contributed by atoms with Crippen LogP contribution in [0, 0.1) is 6.92 Å². The van der Waals surface area contributed by atoms with Crippen molar-refractivity contribution in [2.75, 3.05) is 25.1 Å². The number of pyridine rings is 1. The second-order valence-electron chi connectivity index (χ2n) is 11.8. The Balaban J connectivity index is 1.70. The highest BCUT2D eigenvalue weighted by atomic mass is 32.2. The highest BCUT2D eigenvalue weighted by Crippen LogP contribution is 2.40. The number of benzene rings is 1. The molecule has 12 nitrogen and oxygen atoms in total. The molecular formula is C30H38N6O6SSi. The van der Waals surface area contributed by atoms with Crippen LogP contribution in [0.25, 0.3) is 22.9 Å². The van der Waals surface area contributed by atoms with Gasteiger partial charge in [0, 0.05) is 27.0 Å². The van der Waals surface area contributed by atoms with Gasteiger partial charge in [-0.05, 0) is 56.3 Å². The van der Waals surface area contributed by atoms with Crippen molar-refractivity contribution in [3.8, 4) is 28.8 Å². The van der Waals surface area contributed by atoms with Crippen molar-refractivity contribution in [1.82, 2.24) is 24.1 Å². The van der Waals surface area contributed by atoms with Gasteiger partial charge >= 0.3 is 0 Å². The molecule has 0 amide bonds. The second-order valence-corrected chi connectivity index (χ2v) is 19.6. The lowest BCUT2D eigenvalue weighted by Gasteiger charge is -2.30. The lowest BCUT2D eigenvalue weighted by Crippen LogP contribution is -2.44. The first-order valence-electron chi connectivity index (χ1n) is 14.2. The molecule has 0 saturated heterocycles. The summed E-state index contributed by atoms with van der Waals surface area (Å²) in [7, 11) is -3.01. The molecule has 0 aliphatic rings. The quantitative estimate of drug-likeness (QED) is 0.185. The zero-order valence-electron chi connectivity index (χ0n) is 25.9. The molecule has 0 saturated carbocycles. The number of sulfonamides is 1. The molecule has 5 aromatic rings. The van der Waals surface area contributed by atoms with E-state index >= 15 is 0 Å². The van der Waals surface area contributed by atoms with E-state index in [1.807, 2.05) is 19.1 Å². The van der Waals surface area contributed by atoms with Gasteiger partial charge in [-0.15, -0.1) is 10.2 Å². The van der Waals surface area contributed by atoms with Crippen LogP contribution in [-0.4, -0.2) is 71.8 Å². The van der Waals surface area contributed by atoms with Gasteiger partial charge in [-0.1, -0.05) is 31.8 Å². The van der Waals surface area contributed by atoms with Gasteiger partial charge in [0.15, 0.2) is 5.76 Å². The number of anilines is 1. The van der Waals surface area contributed by atoms with Crippen LogP contribution in [0.5, 0.6) is 11.5 Å². The minimum absolute atomic E-state index is 0.0177. The molecule has 4 aromatic heterocycles. The van der Waals surface area contributed by atoms with E-state index in [1.165, 1.54) is 25.4 Å². The van der Waals surface area contributed by atoms with Gasteiger partial charge in [-0.25, -0.2) is 17.7 Å². The molecule has 2 atom stereocenters. The molecule has 234 valence electrons. The monoisotopic (exact) mass is 638 g/mol. The van der Waals surface area contributed by atoms with E-state index in [1.54, 1.807) is 57.8 Å². The van der Waals surface area contributed by atoms with Gasteiger partial charge in [-0.3, -0.25) is 4.57 Å². The first-order valence-corrected chi connectivity index (χ1v) is 19.4. The van der Waals surface area contributed by atoms with E-state index in [2.05, 4.69) is 34.8 Å². The topological polar surface area (TPSA) is 137 Å². The lowest BCUT2D eigenvalue weighted by atomic mass is 10.2. The van der Waals surface area contributed by atoms with Crippen molar-refractivity contribution in [3.05, 3.63) is 72.4 Å². The Kier molecular flexibility index (Phi) is 8.60. The Morgan fingerprint density at radius 2 is 1.73 bits per heavy atom. The molecule has 0 bridgehead atoms. The molecule has 0 fully saturated rings. The Morgan fingerprint density at radius 1 is 1.02 bits per heavy atom. The molecule has 44 heavy (non-hydrogen) atoms. The number of aryl methyl sites for hydroxylation is 1. The summed E-state index contributed by atoms with van der Waals surface area (Å²) >= 11 is 0. The van der Waals surface area contributed by atoms with Crippen LogP contribution in [-0.2, 0) is 10.0 Å². The van der Waals surface area contributed by atoms with Crippen LogP contribution in [0.4, 0.5) is 5.95 Å². The maximum absolute atomic E-state index is 14.6. The van der Waals surface area contributed by atoms with Crippen molar-refractivity contribution >= 4 is 29.7 Å². The molecule has 1 aromatic carbocycles. The van der Waals surface area contributed by atoms with E-state index in [-0.39, 0.29) is 24.0 Å². The highest BCUT2D eigenvalue weighted by Gasteiger charge is 2.40. The predicted octanol–water partition coefficient (Wildman–Crippen LogP) is 5.10. The number of para-hydroxylation sites is 1. The number of hydrogen-bond donors (Lipinski definition) is 1. The summed E-state index contributed by atoms with van der Waals surface area (Å²) in [5.74, 6) is 2.14. The van der Waals surface area contributed by atoms with Crippen LogP contribution in [0.3, 0.4) is 0 Å². The number of rotatable bonds is 12. The summed E-state index contributed by atoms with van der Waals surface area (Å²) in [5.41, 5.74) is 1.25. The smallest absolute Gasteiger partial charge is 0.246 e. The summed E-state index contributed by atoms with van der Waals surface area (Å²) < 4.78 is 51.1. The van der Waals surface area contributed by atoms with Gasteiger partial charge in [0.2, 0.25) is 21.8 Å². The molecule has 0 spiro atoms. The van der Waals surface area contributed by atoms with E-state index in [4.69, 9.17) is 13.9 Å². The van der Waals surface area contributed by atoms with Crippen LogP contribution < -0.4 is 13.8 Å². The molecule has 0 radical (unpaired) electrons. The molecule has 0 unspecified atom stereocenters. The maximum Gasteiger partial charge on any atom is 0.246 e. The van der Waals surface area contributed by atoms with Gasteiger partial charge in [0.05, 0.1) is 19.9 Å². The van der Waals surface area contributed by atoms with Gasteiger partial charge in [-0.2, -0.15) is 0 Å². The third-order valence-corrected chi connectivity index (χ3v) is 11.3. The standard InChI is InChI=1S/C30H38N6O6SSi/c1-20-14-15-25(42-20)29-32-33-30(36(29)27-23(40-3)11-10-12-24(27)41-4)35(17-18-44(5,6)7)43(38,39)21(2)28(37)22-19-34-16-9-8-13-26(34)31-22/h8-16,19,21,28,37H,17-18H2,1-7H3/t21-,28+/m0/s1. The number of nitrogens with zero attached hydrogens (tertiary/aromatic N) is 6. The highest BCUT2D eigenvalue weighted by molar-refractivity contribution is 7.93. The molecule has 4 heterocycles. The summed E-state index contributed by atoms with van der Waals surface area (Å²) in [5, 5.41) is 19.0. The fourth-order valence-electron chi connectivity index (χ4n) is 4.89. The largest absolute Gasteiger partial charge is 0.494 e. The third kappa shape index (κ3) is 5.96. The summed E-state index contributed by atoms with van der Waals surface area (Å²) in [4.78, 5) is 4.48. The summed E-state index contributed by atoms with van der Waals surface area (Å²) in [6, 6.07) is 14.9. The molecule has 0 aliphatic heterocycles. The van der Waals surface area contributed by atoms with Crippen molar-refractivity contribution < 1.29 is 27.4 Å². The van der Waals surface area contributed by atoms with Crippen molar-refractivity contribution in [2.45, 2.75) is 50.9 Å². The van der Waals surface area contributed by atoms with Crippen LogP contribution in [0.15, 0.2) is 65.3 Å². The average Bonchev–Trinajstić information content (AvgIpc) is 3.73. The zero-order chi connectivity index (χ0) is 31.8. The van der Waals surface area contributed by atoms with Crippen molar-refractivity contribution in [3.63, 3.8) is 0 Å². The number of hydrogen-bond acceptors (Lipinski definition) is 9. The van der Waals surface area contributed by atoms with Gasteiger partial charge in [0.25, 0.3) is 0 Å². The summed E-state index contributed by atoms with van der Waals surface area (Å²) in [6.07, 6.45) is 2.01. The number of aliphatic hydroxyl groups is 1. The van der Waals surface area contributed by atoms with Crippen molar-refractivity contribution in [2.24, 2.45) is 0 Å². The normalized spacial score (nSPS) is 13.6. The number of ether oxygens (including phenoxy) is 2. The number of aliphatic hydroxyl groups excluding tert-OH is 1. The molecular weight excluding hydrogens is 601 g/mol. The second kappa shape index (κ2) is 12.1. The molecule has 1 N–H and O–H groups in total. The predicted molar refractivity (Wildman–Crippen MR) is 171 cm³/mol. The third-order valence-electron chi connectivity index (χ3n) is 7.43.